The number of carboxylic acid groups (broad SMARTS) is 1. The molecule has 4 aromatic rings. The number of likely N-dealkylation sites (tertiary alicyclic amines) is 1. The van der Waals surface area contributed by atoms with Gasteiger partial charge in [-0.3, -0.25) is 9.69 Å². The number of carbonyl (C=O) groups excluding carboxylic acids is 1. The van der Waals surface area contributed by atoms with E-state index in [1.54, 1.807) is 37.3 Å². The van der Waals surface area contributed by atoms with E-state index in [2.05, 4.69) is 32.7 Å². The molecule has 2 aromatic carbocycles. The molecular formula is C30H33N5O3. The van der Waals surface area contributed by atoms with E-state index in [0.29, 0.717) is 5.92 Å². The van der Waals surface area contributed by atoms with Gasteiger partial charge in [-0.25, -0.2) is 9.78 Å². The number of amides is 1. The fourth-order valence-electron chi connectivity index (χ4n) is 5.39. The standard InChI is InChI=1S/C30H33N5O3/c1-33(2)29(36)21-6-4-19(5-7-21)20-11-14-35(15-12-20)18-23-17-25-24(10-13-32-28(25)34(23)3)22-8-9-27(31)26(16-22)30(37)38/h4-10,13,16-17,20H,11-12,14-15,18,31H2,1-3H3,(H,37,38). The lowest BCUT2D eigenvalue weighted by molar-refractivity contribution is 0.0697. The second-order valence-corrected chi connectivity index (χ2v) is 10.3. The van der Waals surface area contributed by atoms with Crippen LogP contribution in [0.15, 0.2) is 60.8 Å². The highest BCUT2D eigenvalue weighted by Crippen LogP contribution is 2.33. The SMILES string of the molecule is CN(C)C(=O)c1ccc(C2CCN(Cc3cc4c(-c5ccc(N)c(C(=O)O)c5)ccnc4n3C)CC2)cc1. The molecule has 3 N–H and O–H groups in total. The van der Waals surface area contributed by atoms with Crippen LogP contribution in [0.3, 0.4) is 0 Å². The topological polar surface area (TPSA) is 105 Å². The van der Waals surface area contributed by atoms with Gasteiger partial charge in [-0.2, -0.15) is 0 Å². The molecule has 1 saturated heterocycles. The molecule has 0 radical (unpaired) electrons. The number of benzene rings is 2. The lowest BCUT2D eigenvalue weighted by Gasteiger charge is -2.32. The van der Waals surface area contributed by atoms with Crippen molar-refractivity contribution in [3.63, 3.8) is 0 Å². The third-order valence-electron chi connectivity index (χ3n) is 7.63. The molecule has 3 heterocycles. The molecule has 1 fully saturated rings. The molecule has 0 aliphatic carbocycles. The summed E-state index contributed by atoms with van der Waals surface area (Å²) in [6.07, 6.45) is 3.90. The number of aromatic carboxylic acids is 1. The van der Waals surface area contributed by atoms with Crippen LogP contribution in [0.4, 0.5) is 5.69 Å². The van der Waals surface area contributed by atoms with Gasteiger partial charge in [0.05, 0.1) is 5.56 Å². The monoisotopic (exact) mass is 511 g/mol. The summed E-state index contributed by atoms with van der Waals surface area (Å²) in [4.78, 5) is 32.5. The number of anilines is 1. The van der Waals surface area contributed by atoms with Crippen LogP contribution in [0.25, 0.3) is 22.2 Å². The van der Waals surface area contributed by atoms with Crippen molar-refractivity contribution in [3.8, 4) is 11.1 Å². The van der Waals surface area contributed by atoms with E-state index in [9.17, 15) is 14.7 Å². The van der Waals surface area contributed by atoms with Gasteiger partial charge in [0.15, 0.2) is 0 Å². The minimum atomic E-state index is -1.04. The second kappa shape index (κ2) is 10.3. The summed E-state index contributed by atoms with van der Waals surface area (Å²) in [6, 6.07) is 17.3. The number of nitrogens with zero attached hydrogens (tertiary/aromatic N) is 4. The van der Waals surface area contributed by atoms with Gasteiger partial charge >= 0.3 is 5.97 Å². The van der Waals surface area contributed by atoms with Gasteiger partial charge in [0.25, 0.3) is 5.91 Å². The number of carbonyl (C=O) groups is 2. The van der Waals surface area contributed by atoms with E-state index >= 15 is 0 Å². The number of hydrogen-bond donors (Lipinski definition) is 2. The van der Waals surface area contributed by atoms with Crippen LogP contribution < -0.4 is 5.73 Å². The minimum Gasteiger partial charge on any atom is -0.478 e. The van der Waals surface area contributed by atoms with Crippen molar-refractivity contribution in [3.05, 3.63) is 83.2 Å². The van der Waals surface area contributed by atoms with Gasteiger partial charge in [0.1, 0.15) is 5.65 Å². The number of nitrogens with two attached hydrogens (primary N) is 1. The van der Waals surface area contributed by atoms with Crippen LogP contribution >= 0.6 is 0 Å². The van der Waals surface area contributed by atoms with Gasteiger partial charge < -0.3 is 20.3 Å². The summed E-state index contributed by atoms with van der Waals surface area (Å²) >= 11 is 0. The first-order chi connectivity index (χ1) is 18.2. The van der Waals surface area contributed by atoms with Crippen molar-refractivity contribution < 1.29 is 14.7 Å². The van der Waals surface area contributed by atoms with Crippen molar-refractivity contribution >= 4 is 28.6 Å². The molecule has 1 aliphatic rings. The highest BCUT2D eigenvalue weighted by atomic mass is 16.4. The predicted octanol–water partition coefficient (Wildman–Crippen LogP) is 4.60. The Kier molecular flexibility index (Phi) is 6.91. The van der Waals surface area contributed by atoms with Gasteiger partial charge in [0, 0.05) is 56.2 Å². The van der Waals surface area contributed by atoms with Gasteiger partial charge in [-0.15, -0.1) is 0 Å². The van der Waals surface area contributed by atoms with E-state index in [1.165, 1.54) is 11.3 Å². The predicted molar refractivity (Wildman–Crippen MR) is 149 cm³/mol. The summed E-state index contributed by atoms with van der Waals surface area (Å²) in [6.45, 7) is 2.80. The Labute approximate surface area is 222 Å². The van der Waals surface area contributed by atoms with Crippen molar-refractivity contribution in [2.45, 2.75) is 25.3 Å². The Balaban J connectivity index is 1.31. The molecular weight excluding hydrogens is 478 g/mol. The van der Waals surface area contributed by atoms with E-state index < -0.39 is 5.97 Å². The first-order valence-corrected chi connectivity index (χ1v) is 12.8. The van der Waals surface area contributed by atoms with Crippen molar-refractivity contribution in [2.24, 2.45) is 7.05 Å². The van der Waals surface area contributed by atoms with Gasteiger partial charge in [-0.1, -0.05) is 18.2 Å². The van der Waals surface area contributed by atoms with Crippen LogP contribution in [0, 0.1) is 0 Å². The first-order valence-electron chi connectivity index (χ1n) is 12.8. The van der Waals surface area contributed by atoms with Crippen molar-refractivity contribution in [2.75, 3.05) is 32.9 Å². The number of fused-ring (bicyclic) bond motifs is 1. The summed E-state index contributed by atoms with van der Waals surface area (Å²) in [5, 5.41) is 10.5. The van der Waals surface area contributed by atoms with Crippen LogP contribution in [0.5, 0.6) is 0 Å². The largest absolute Gasteiger partial charge is 0.478 e. The van der Waals surface area contributed by atoms with Crippen LogP contribution in [-0.4, -0.2) is 63.5 Å². The normalized spacial score (nSPS) is 14.6. The lowest BCUT2D eigenvalue weighted by atomic mass is 9.89. The number of rotatable bonds is 6. The average molecular weight is 512 g/mol. The zero-order valence-electron chi connectivity index (χ0n) is 22.0. The molecule has 8 nitrogen and oxygen atoms in total. The van der Waals surface area contributed by atoms with E-state index in [1.807, 2.05) is 31.3 Å². The highest BCUT2D eigenvalue weighted by Gasteiger charge is 2.23. The Morgan fingerprint density at radius 3 is 2.42 bits per heavy atom. The van der Waals surface area contributed by atoms with Crippen LogP contribution in [0.2, 0.25) is 0 Å². The molecule has 0 bridgehead atoms. The van der Waals surface area contributed by atoms with Crippen LogP contribution in [0.1, 0.15) is 50.7 Å². The molecule has 0 saturated carbocycles. The second-order valence-electron chi connectivity index (χ2n) is 10.3. The molecule has 1 amide bonds. The third-order valence-corrected chi connectivity index (χ3v) is 7.63. The number of piperidine rings is 1. The van der Waals surface area contributed by atoms with Gasteiger partial charge in [0.2, 0.25) is 0 Å². The van der Waals surface area contributed by atoms with E-state index in [4.69, 9.17) is 5.73 Å². The van der Waals surface area contributed by atoms with E-state index in [0.717, 1.165) is 60.2 Å². The quantitative estimate of drug-likeness (QED) is 0.367. The van der Waals surface area contributed by atoms with Gasteiger partial charge in [-0.05, 0) is 84.9 Å². The zero-order valence-corrected chi connectivity index (χ0v) is 22.0. The fraction of sp³-hybridized carbons (Fsp3) is 0.300. The maximum Gasteiger partial charge on any atom is 0.337 e. The minimum absolute atomic E-state index is 0.0256. The average Bonchev–Trinajstić information content (AvgIpc) is 3.24. The summed E-state index contributed by atoms with van der Waals surface area (Å²) < 4.78 is 2.13. The van der Waals surface area contributed by atoms with Crippen molar-refractivity contribution in [1.82, 2.24) is 19.4 Å². The Morgan fingerprint density at radius 1 is 1.05 bits per heavy atom. The summed E-state index contributed by atoms with van der Waals surface area (Å²) in [5.74, 6) is -0.521. The fourth-order valence-corrected chi connectivity index (χ4v) is 5.39. The molecule has 196 valence electrons. The van der Waals surface area contributed by atoms with E-state index in [-0.39, 0.29) is 17.2 Å². The maximum atomic E-state index is 12.2. The van der Waals surface area contributed by atoms with Crippen molar-refractivity contribution in [1.29, 1.82) is 0 Å². The molecule has 0 atom stereocenters. The third kappa shape index (κ3) is 4.87. The molecule has 2 aromatic heterocycles. The summed E-state index contributed by atoms with van der Waals surface area (Å²) in [7, 11) is 5.57. The first kappa shape index (κ1) is 25.5. The lowest BCUT2D eigenvalue weighted by Crippen LogP contribution is -2.33. The number of carboxylic acids is 1. The Morgan fingerprint density at radius 2 is 1.76 bits per heavy atom. The molecule has 0 unspecified atom stereocenters. The van der Waals surface area contributed by atoms with Crippen LogP contribution in [-0.2, 0) is 13.6 Å². The summed E-state index contributed by atoms with van der Waals surface area (Å²) in [5.41, 5.74) is 12.0. The molecule has 5 rings (SSSR count). The maximum absolute atomic E-state index is 12.2. The zero-order chi connectivity index (χ0) is 27.0. The molecule has 0 spiro atoms. The Bertz CT molecular complexity index is 1500. The number of pyridine rings is 1. The Hall–Kier alpha value is -4.17. The molecule has 38 heavy (non-hydrogen) atoms. The highest BCUT2D eigenvalue weighted by molar-refractivity contribution is 5.99. The number of hydrogen-bond acceptors (Lipinski definition) is 5. The molecule has 8 heteroatoms. The number of aryl methyl sites for hydroxylation is 1. The molecule has 1 aliphatic heterocycles. The number of nitrogen functional groups attached to an aromatic ring is 1. The smallest absolute Gasteiger partial charge is 0.337 e. The number of aromatic nitrogens is 2.